The quantitative estimate of drug-likeness (QED) is 0.807. The Hall–Kier alpha value is -2.43. The van der Waals surface area contributed by atoms with Gasteiger partial charge in [-0.3, -0.25) is 4.79 Å². The normalized spacial score (nSPS) is 9.94. The van der Waals surface area contributed by atoms with E-state index in [0.717, 1.165) is 0 Å². The molecule has 1 aromatic carbocycles. The van der Waals surface area contributed by atoms with E-state index in [9.17, 15) is 9.90 Å². The zero-order chi connectivity index (χ0) is 12.3. The van der Waals surface area contributed by atoms with Crippen molar-refractivity contribution in [3.05, 3.63) is 48.0 Å². The highest BCUT2D eigenvalue weighted by atomic mass is 16.5. The lowest BCUT2D eigenvalue weighted by molar-refractivity contribution is 0.102. The third-order valence-corrected chi connectivity index (χ3v) is 2.22. The van der Waals surface area contributed by atoms with Gasteiger partial charge in [0, 0.05) is 12.4 Å². The molecule has 0 radical (unpaired) electrons. The fraction of sp³-hybridized carbons (Fsp3) is 0.0833. The van der Waals surface area contributed by atoms with Gasteiger partial charge in [0.15, 0.2) is 0 Å². The number of benzene rings is 1. The number of carbonyl (C=O) groups is 1. The summed E-state index contributed by atoms with van der Waals surface area (Å²) in [6.07, 6.45) is 2.94. The highest BCUT2D eigenvalue weighted by molar-refractivity contribution is 6.08. The van der Waals surface area contributed by atoms with Crippen LogP contribution < -0.4 is 4.74 Å². The van der Waals surface area contributed by atoms with Crippen LogP contribution >= 0.6 is 0 Å². The van der Waals surface area contributed by atoms with Crippen molar-refractivity contribution in [3.63, 3.8) is 0 Å². The third kappa shape index (κ3) is 2.23. The monoisotopic (exact) mass is 230 g/mol. The Bertz CT molecular complexity index is 541. The maximum Gasteiger partial charge on any atom is 0.234 e. The Labute approximate surface area is 97.7 Å². The highest BCUT2D eigenvalue weighted by Crippen LogP contribution is 2.24. The molecule has 0 unspecified atom stereocenters. The number of nitrogens with zero attached hydrogens (tertiary/aromatic N) is 2. The molecule has 5 nitrogen and oxygen atoms in total. The van der Waals surface area contributed by atoms with E-state index >= 15 is 0 Å². The fourth-order valence-corrected chi connectivity index (χ4v) is 1.36. The van der Waals surface area contributed by atoms with E-state index in [1.165, 1.54) is 31.6 Å². The second kappa shape index (κ2) is 4.61. The molecule has 0 bridgehead atoms. The SMILES string of the molecule is COc1ccc(O)c(C(=O)c2ncccn2)c1. The van der Waals surface area contributed by atoms with Crippen molar-refractivity contribution in [3.8, 4) is 11.5 Å². The Morgan fingerprint density at radius 2 is 2.00 bits per heavy atom. The van der Waals surface area contributed by atoms with E-state index in [1.54, 1.807) is 12.1 Å². The van der Waals surface area contributed by atoms with E-state index in [0.29, 0.717) is 5.75 Å². The molecule has 0 saturated heterocycles. The molecule has 2 aromatic rings. The van der Waals surface area contributed by atoms with Gasteiger partial charge < -0.3 is 9.84 Å². The van der Waals surface area contributed by atoms with Crippen molar-refractivity contribution in [2.45, 2.75) is 0 Å². The summed E-state index contributed by atoms with van der Waals surface area (Å²) >= 11 is 0. The average molecular weight is 230 g/mol. The van der Waals surface area contributed by atoms with Gasteiger partial charge >= 0.3 is 0 Å². The summed E-state index contributed by atoms with van der Waals surface area (Å²) in [7, 11) is 1.49. The standard InChI is InChI=1S/C12H10N2O3/c1-17-8-3-4-10(15)9(7-8)11(16)12-13-5-2-6-14-12/h2-7,15H,1H3. The van der Waals surface area contributed by atoms with E-state index < -0.39 is 5.78 Å². The van der Waals surface area contributed by atoms with E-state index in [2.05, 4.69) is 9.97 Å². The number of ether oxygens (including phenoxy) is 1. The molecule has 1 N–H and O–H groups in total. The molecular formula is C12H10N2O3. The van der Waals surface area contributed by atoms with Crippen LogP contribution in [-0.2, 0) is 0 Å². The summed E-state index contributed by atoms with van der Waals surface area (Å²) in [6, 6.07) is 6.03. The van der Waals surface area contributed by atoms with Gasteiger partial charge in [0.2, 0.25) is 11.6 Å². The number of carbonyl (C=O) groups excluding carboxylic acids is 1. The van der Waals surface area contributed by atoms with E-state index in [1.807, 2.05) is 0 Å². The maximum atomic E-state index is 12.0. The van der Waals surface area contributed by atoms with Crippen molar-refractivity contribution in [1.29, 1.82) is 0 Å². The summed E-state index contributed by atoms with van der Waals surface area (Å²) in [5.74, 6) is -0.0385. The van der Waals surface area contributed by atoms with Crippen molar-refractivity contribution in [1.82, 2.24) is 9.97 Å². The van der Waals surface area contributed by atoms with Gasteiger partial charge in [0.05, 0.1) is 12.7 Å². The first-order chi connectivity index (χ1) is 8.22. The minimum Gasteiger partial charge on any atom is -0.507 e. The molecule has 0 aliphatic heterocycles. The lowest BCUT2D eigenvalue weighted by atomic mass is 10.1. The van der Waals surface area contributed by atoms with Gasteiger partial charge in [-0.15, -0.1) is 0 Å². The minimum absolute atomic E-state index is 0.0380. The molecule has 0 aliphatic rings. The van der Waals surface area contributed by atoms with Crippen LogP contribution in [0.4, 0.5) is 0 Å². The minimum atomic E-state index is -0.443. The van der Waals surface area contributed by atoms with Gasteiger partial charge in [0.1, 0.15) is 11.5 Å². The van der Waals surface area contributed by atoms with Gasteiger partial charge in [0.25, 0.3) is 0 Å². The molecule has 0 spiro atoms. The molecular weight excluding hydrogens is 220 g/mol. The van der Waals surface area contributed by atoms with Crippen molar-refractivity contribution in [2.75, 3.05) is 7.11 Å². The van der Waals surface area contributed by atoms with E-state index in [4.69, 9.17) is 4.74 Å². The predicted octanol–water partition coefficient (Wildman–Crippen LogP) is 1.42. The summed E-state index contributed by atoms with van der Waals surface area (Å²) in [5.41, 5.74) is 0.121. The van der Waals surface area contributed by atoms with Crippen LogP contribution in [0, 0.1) is 0 Å². The van der Waals surface area contributed by atoms with Crippen LogP contribution in [0.2, 0.25) is 0 Å². The van der Waals surface area contributed by atoms with Crippen LogP contribution in [0.15, 0.2) is 36.7 Å². The highest BCUT2D eigenvalue weighted by Gasteiger charge is 2.16. The summed E-state index contributed by atoms with van der Waals surface area (Å²) < 4.78 is 4.99. The van der Waals surface area contributed by atoms with Gasteiger partial charge in [-0.25, -0.2) is 9.97 Å². The van der Waals surface area contributed by atoms with Crippen molar-refractivity contribution in [2.24, 2.45) is 0 Å². The number of aromatic nitrogens is 2. The molecule has 1 heterocycles. The molecule has 5 heteroatoms. The summed E-state index contributed by atoms with van der Waals surface area (Å²) in [6.45, 7) is 0. The molecule has 0 atom stereocenters. The fourth-order valence-electron chi connectivity index (χ4n) is 1.36. The van der Waals surface area contributed by atoms with Crippen LogP contribution in [0.25, 0.3) is 0 Å². The second-order valence-electron chi connectivity index (χ2n) is 3.28. The van der Waals surface area contributed by atoms with Gasteiger partial charge in [-0.2, -0.15) is 0 Å². The number of methoxy groups -OCH3 is 1. The van der Waals surface area contributed by atoms with Crippen molar-refractivity contribution >= 4 is 5.78 Å². The largest absolute Gasteiger partial charge is 0.507 e. The number of phenolic OH excluding ortho intramolecular Hbond substituents is 1. The molecule has 0 amide bonds. The first-order valence-electron chi connectivity index (χ1n) is 4.91. The number of aromatic hydroxyl groups is 1. The smallest absolute Gasteiger partial charge is 0.234 e. The topological polar surface area (TPSA) is 72.3 Å². The lowest BCUT2D eigenvalue weighted by Gasteiger charge is -2.05. The Morgan fingerprint density at radius 3 is 2.65 bits per heavy atom. The Kier molecular flexibility index (Phi) is 3.00. The number of hydrogen-bond donors (Lipinski definition) is 1. The van der Waals surface area contributed by atoms with Crippen LogP contribution in [0.1, 0.15) is 16.2 Å². The maximum absolute atomic E-state index is 12.0. The zero-order valence-electron chi connectivity index (χ0n) is 9.12. The number of rotatable bonds is 3. The molecule has 0 saturated carbocycles. The molecule has 86 valence electrons. The number of phenols is 1. The molecule has 17 heavy (non-hydrogen) atoms. The Balaban J connectivity index is 2.44. The first-order valence-corrected chi connectivity index (χ1v) is 4.91. The second-order valence-corrected chi connectivity index (χ2v) is 3.28. The van der Waals surface area contributed by atoms with Crippen molar-refractivity contribution < 1.29 is 14.6 Å². The third-order valence-electron chi connectivity index (χ3n) is 2.22. The zero-order valence-corrected chi connectivity index (χ0v) is 9.12. The van der Waals surface area contributed by atoms with Crippen LogP contribution in [-0.4, -0.2) is 28.0 Å². The molecule has 2 rings (SSSR count). The van der Waals surface area contributed by atoms with E-state index in [-0.39, 0.29) is 17.1 Å². The first kappa shape index (κ1) is 11.1. The van der Waals surface area contributed by atoms with Crippen LogP contribution in [0.3, 0.4) is 0 Å². The van der Waals surface area contributed by atoms with Gasteiger partial charge in [-0.1, -0.05) is 0 Å². The average Bonchev–Trinajstić information content (AvgIpc) is 2.39. The predicted molar refractivity (Wildman–Crippen MR) is 60.1 cm³/mol. The molecule has 1 aromatic heterocycles. The van der Waals surface area contributed by atoms with Crippen LogP contribution in [0.5, 0.6) is 11.5 Å². The molecule has 0 aliphatic carbocycles. The summed E-state index contributed by atoms with van der Waals surface area (Å²) in [4.78, 5) is 19.7. The summed E-state index contributed by atoms with van der Waals surface area (Å²) in [5, 5.41) is 9.63. The lowest BCUT2D eigenvalue weighted by Crippen LogP contribution is -2.06. The number of ketones is 1. The molecule has 0 fully saturated rings. The van der Waals surface area contributed by atoms with Gasteiger partial charge in [-0.05, 0) is 24.3 Å². The number of hydrogen-bond acceptors (Lipinski definition) is 5. The Morgan fingerprint density at radius 1 is 1.29 bits per heavy atom.